The van der Waals surface area contributed by atoms with Crippen LogP contribution in [0.2, 0.25) is 0 Å². The fourth-order valence-electron chi connectivity index (χ4n) is 1.46. The van der Waals surface area contributed by atoms with Gasteiger partial charge in [-0.1, -0.05) is 18.2 Å². The lowest BCUT2D eigenvalue weighted by molar-refractivity contribution is 0.0169. The second kappa shape index (κ2) is 7.84. The minimum Gasteiger partial charge on any atom is -0.497 e. The molecule has 1 aromatic carbocycles. The molecule has 0 aliphatic carbocycles. The van der Waals surface area contributed by atoms with E-state index in [-0.39, 0.29) is 13.0 Å². The van der Waals surface area contributed by atoms with Crippen LogP contribution in [-0.4, -0.2) is 31.1 Å². The molecule has 0 unspecified atom stereocenters. The zero-order valence-corrected chi connectivity index (χ0v) is 10.5. The van der Waals surface area contributed by atoms with Crippen molar-refractivity contribution in [3.8, 4) is 5.75 Å². The molecule has 18 heavy (non-hydrogen) atoms. The van der Waals surface area contributed by atoms with Gasteiger partial charge in [-0.25, -0.2) is 4.39 Å². The zero-order valence-electron chi connectivity index (χ0n) is 10.5. The van der Waals surface area contributed by atoms with Crippen LogP contribution in [0.1, 0.15) is 12.0 Å². The van der Waals surface area contributed by atoms with Crippen LogP contribution in [0.3, 0.4) is 0 Å². The Labute approximate surface area is 107 Å². The van der Waals surface area contributed by atoms with E-state index in [1.165, 1.54) is 6.08 Å². The molecule has 0 spiro atoms. The number of benzene rings is 1. The third-order valence-electron chi connectivity index (χ3n) is 2.49. The highest BCUT2D eigenvalue weighted by molar-refractivity contribution is 5.26. The van der Waals surface area contributed by atoms with Crippen LogP contribution >= 0.6 is 0 Å². The Hall–Kier alpha value is -1.39. The number of ether oxygens (including phenoxy) is 2. The topological polar surface area (TPSA) is 38.7 Å². The van der Waals surface area contributed by atoms with E-state index >= 15 is 0 Å². The molecule has 1 aromatic rings. The lowest BCUT2D eigenvalue weighted by Crippen LogP contribution is -2.19. The largest absolute Gasteiger partial charge is 0.497 e. The Morgan fingerprint density at radius 1 is 1.39 bits per heavy atom. The molecule has 0 amide bonds. The van der Waals surface area contributed by atoms with Crippen molar-refractivity contribution in [2.75, 3.05) is 13.7 Å². The van der Waals surface area contributed by atoms with Crippen LogP contribution in [0.15, 0.2) is 36.9 Å². The Morgan fingerprint density at radius 2 is 2.06 bits per heavy atom. The fraction of sp³-hybridized carbons (Fsp3) is 0.429. The number of hydrogen-bond acceptors (Lipinski definition) is 3. The maximum absolute atomic E-state index is 12.9. The van der Waals surface area contributed by atoms with Gasteiger partial charge in [0.05, 0.1) is 26.4 Å². The van der Waals surface area contributed by atoms with E-state index < -0.39 is 12.3 Å². The van der Waals surface area contributed by atoms with Gasteiger partial charge in [0.25, 0.3) is 0 Å². The Balaban J connectivity index is 2.26. The van der Waals surface area contributed by atoms with Gasteiger partial charge in [0.1, 0.15) is 11.9 Å². The van der Waals surface area contributed by atoms with E-state index in [4.69, 9.17) is 9.47 Å². The van der Waals surface area contributed by atoms with Gasteiger partial charge in [-0.2, -0.15) is 0 Å². The predicted octanol–water partition coefficient (Wildman–Crippen LogP) is 2.49. The third-order valence-corrected chi connectivity index (χ3v) is 2.49. The summed E-state index contributed by atoms with van der Waals surface area (Å²) in [6.07, 6.45) is -0.806. The number of halogens is 1. The quantitative estimate of drug-likeness (QED) is 0.724. The summed E-state index contributed by atoms with van der Waals surface area (Å²) >= 11 is 0. The van der Waals surface area contributed by atoms with Crippen molar-refractivity contribution in [1.29, 1.82) is 0 Å². The molecule has 0 saturated carbocycles. The van der Waals surface area contributed by atoms with Crippen molar-refractivity contribution in [2.45, 2.75) is 25.3 Å². The minimum absolute atomic E-state index is 0.0200. The Morgan fingerprint density at radius 3 is 2.61 bits per heavy atom. The lowest BCUT2D eigenvalue weighted by atomic mass is 10.2. The van der Waals surface area contributed by atoms with Gasteiger partial charge in [-0.15, -0.1) is 6.58 Å². The molecule has 1 N–H and O–H groups in total. The molecular weight excluding hydrogens is 235 g/mol. The summed E-state index contributed by atoms with van der Waals surface area (Å²) in [7, 11) is 1.61. The van der Waals surface area contributed by atoms with Crippen LogP contribution in [-0.2, 0) is 11.3 Å². The third kappa shape index (κ3) is 5.29. The first-order valence-corrected chi connectivity index (χ1v) is 5.81. The maximum Gasteiger partial charge on any atom is 0.121 e. The summed E-state index contributed by atoms with van der Waals surface area (Å²) in [5, 5.41) is 9.48. The van der Waals surface area contributed by atoms with Gasteiger partial charge in [0.15, 0.2) is 0 Å². The van der Waals surface area contributed by atoms with E-state index in [0.29, 0.717) is 6.61 Å². The summed E-state index contributed by atoms with van der Waals surface area (Å²) in [6, 6.07) is 7.44. The highest BCUT2D eigenvalue weighted by Crippen LogP contribution is 2.12. The second-order valence-corrected chi connectivity index (χ2v) is 4.00. The molecule has 100 valence electrons. The van der Waals surface area contributed by atoms with Gasteiger partial charge in [-0.3, -0.25) is 0 Å². The first-order chi connectivity index (χ1) is 8.65. The number of hydrogen-bond donors (Lipinski definition) is 1. The van der Waals surface area contributed by atoms with Crippen LogP contribution in [0, 0.1) is 0 Å². The van der Waals surface area contributed by atoms with Crippen molar-refractivity contribution >= 4 is 0 Å². The average Bonchev–Trinajstić information content (AvgIpc) is 2.39. The van der Waals surface area contributed by atoms with Crippen LogP contribution in [0.25, 0.3) is 0 Å². The monoisotopic (exact) mass is 254 g/mol. The van der Waals surface area contributed by atoms with E-state index in [1.54, 1.807) is 7.11 Å². The van der Waals surface area contributed by atoms with Crippen molar-refractivity contribution in [3.63, 3.8) is 0 Å². The van der Waals surface area contributed by atoms with Crippen molar-refractivity contribution in [2.24, 2.45) is 0 Å². The predicted molar refractivity (Wildman–Crippen MR) is 68.4 cm³/mol. The summed E-state index contributed by atoms with van der Waals surface area (Å²) in [5.74, 6) is 0.782. The molecule has 2 atom stereocenters. The number of methoxy groups -OCH3 is 1. The molecule has 0 radical (unpaired) electrons. The number of aliphatic hydroxyl groups is 1. The van der Waals surface area contributed by atoms with E-state index in [1.807, 2.05) is 24.3 Å². The summed E-state index contributed by atoms with van der Waals surface area (Å²) in [6.45, 7) is 3.81. The van der Waals surface area contributed by atoms with E-state index in [2.05, 4.69) is 6.58 Å². The standard InChI is InChI=1S/C14H19FO3/c1-3-12(15)8-13(16)10-18-9-11-4-6-14(17-2)7-5-11/h3-7,12-13,16H,1,8-10H2,2H3/t12-,13+/m1/s1. The smallest absolute Gasteiger partial charge is 0.121 e. The molecule has 0 heterocycles. The molecule has 0 aliphatic rings. The van der Waals surface area contributed by atoms with Crippen LogP contribution in [0.4, 0.5) is 4.39 Å². The normalized spacial score (nSPS) is 13.9. The van der Waals surface area contributed by atoms with Gasteiger partial charge in [0, 0.05) is 6.42 Å². The highest BCUT2D eigenvalue weighted by Gasteiger charge is 2.10. The zero-order chi connectivity index (χ0) is 13.4. The summed E-state index contributed by atoms with van der Waals surface area (Å²) < 4.78 is 23.2. The molecular formula is C14H19FO3. The van der Waals surface area contributed by atoms with Gasteiger partial charge >= 0.3 is 0 Å². The van der Waals surface area contributed by atoms with E-state index in [9.17, 15) is 9.50 Å². The summed E-state index contributed by atoms with van der Waals surface area (Å²) in [5.41, 5.74) is 0.975. The second-order valence-electron chi connectivity index (χ2n) is 4.00. The highest BCUT2D eigenvalue weighted by atomic mass is 19.1. The van der Waals surface area contributed by atoms with E-state index in [0.717, 1.165) is 11.3 Å². The van der Waals surface area contributed by atoms with Gasteiger partial charge < -0.3 is 14.6 Å². The first-order valence-electron chi connectivity index (χ1n) is 5.81. The SMILES string of the molecule is C=C[C@@H](F)C[C@H](O)COCc1ccc(OC)cc1. The molecule has 3 nitrogen and oxygen atoms in total. The molecule has 0 fully saturated rings. The minimum atomic E-state index is -1.19. The van der Waals surface area contributed by atoms with Crippen molar-refractivity contribution in [1.82, 2.24) is 0 Å². The Kier molecular flexibility index (Phi) is 6.39. The number of alkyl halides is 1. The van der Waals surface area contributed by atoms with Gasteiger partial charge in [-0.05, 0) is 17.7 Å². The number of rotatable bonds is 8. The summed E-state index contributed by atoms with van der Waals surface area (Å²) in [4.78, 5) is 0. The average molecular weight is 254 g/mol. The molecule has 0 saturated heterocycles. The maximum atomic E-state index is 12.9. The molecule has 0 bridgehead atoms. The molecule has 0 aliphatic heterocycles. The van der Waals surface area contributed by atoms with Crippen molar-refractivity contribution in [3.05, 3.63) is 42.5 Å². The van der Waals surface area contributed by atoms with Gasteiger partial charge in [0.2, 0.25) is 0 Å². The lowest BCUT2D eigenvalue weighted by Gasteiger charge is -2.12. The Bertz CT molecular complexity index is 351. The van der Waals surface area contributed by atoms with Crippen LogP contribution < -0.4 is 4.74 Å². The number of aliphatic hydroxyl groups excluding tert-OH is 1. The first kappa shape index (κ1) is 14.7. The molecule has 1 rings (SSSR count). The molecule has 0 aromatic heterocycles. The molecule has 4 heteroatoms. The number of allylic oxidation sites excluding steroid dienone is 1. The fourth-order valence-corrected chi connectivity index (χ4v) is 1.46. The van der Waals surface area contributed by atoms with Crippen molar-refractivity contribution < 1.29 is 19.0 Å². The van der Waals surface area contributed by atoms with Crippen LogP contribution in [0.5, 0.6) is 5.75 Å².